The lowest BCUT2D eigenvalue weighted by molar-refractivity contribution is -0.210. The summed E-state index contributed by atoms with van der Waals surface area (Å²) in [6.45, 7) is 20.6. The summed E-state index contributed by atoms with van der Waals surface area (Å²) in [6.07, 6.45) is 21.6. The van der Waals surface area contributed by atoms with E-state index in [0.717, 1.165) is 32.1 Å². The van der Waals surface area contributed by atoms with E-state index in [-0.39, 0.29) is 37.3 Å². The predicted molar refractivity (Wildman–Crippen MR) is 199 cm³/mol. The Kier molecular flexibility index (Phi) is 18.0. The number of esters is 1. The summed E-state index contributed by atoms with van der Waals surface area (Å²) in [7, 11) is 0.416. The number of ether oxygens (including phenoxy) is 7. The third-order valence-electron chi connectivity index (χ3n) is 8.67. The molecule has 9 heteroatoms. The van der Waals surface area contributed by atoms with E-state index >= 15 is 0 Å². The van der Waals surface area contributed by atoms with Crippen LogP contribution in [-0.2, 0) is 38.0 Å². The van der Waals surface area contributed by atoms with E-state index in [1.165, 1.54) is 23.3 Å². The molecule has 0 aromatic rings. The van der Waals surface area contributed by atoms with Gasteiger partial charge in [0.2, 0.25) is 0 Å². The molecule has 0 spiro atoms. The molecule has 3 rings (SSSR count). The van der Waals surface area contributed by atoms with Gasteiger partial charge < -0.3 is 33.2 Å². The zero-order valence-corrected chi connectivity index (χ0v) is 32.4. The molecule has 276 valence electrons. The molecule has 0 aliphatic carbocycles. The van der Waals surface area contributed by atoms with E-state index < -0.39 is 32.5 Å². The average molecular weight is 701 g/mol. The van der Waals surface area contributed by atoms with Crippen LogP contribution in [0.25, 0.3) is 0 Å². The maximum Gasteiger partial charge on any atom is 0.330 e. The highest BCUT2D eigenvalue weighted by atomic mass is 28.3. The molecule has 0 aromatic carbocycles. The molecule has 1 saturated heterocycles. The Balaban J connectivity index is 1.61. The number of allylic oxidation sites excluding steroid dienone is 1. The van der Waals surface area contributed by atoms with Crippen LogP contribution in [0.5, 0.6) is 0 Å². The molecule has 8 nitrogen and oxygen atoms in total. The lowest BCUT2D eigenvalue weighted by atomic mass is 9.94. The SMILES string of the molecule is C=C(C[C@H](C)C[C@@H]1CC=C[C@@H](C/C=C/C(=O)O[C@@H](C/C=C/C2O[C@H](C)C[C@@H](C)O2)[C@H](/C=C/[C@@H]2CC(C)=CCO2)OCOC)O1)C[Si](C)(C)C. The number of methoxy groups -OCH3 is 1. The van der Waals surface area contributed by atoms with Crippen molar-refractivity contribution in [2.75, 3.05) is 20.5 Å². The fourth-order valence-corrected chi connectivity index (χ4v) is 8.29. The van der Waals surface area contributed by atoms with Gasteiger partial charge in [0, 0.05) is 27.7 Å². The van der Waals surface area contributed by atoms with Gasteiger partial charge >= 0.3 is 5.97 Å². The molecular weight excluding hydrogens is 637 g/mol. The van der Waals surface area contributed by atoms with Gasteiger partial charge in [-0.1, -0.05) is 80.2 Å². The van der Waals surface area contributed by atoms with Gasteiger partial charge in [-0.3, -0.25) is 0 Å². The van der Waals surface area contributed by atoms with Crippen molar-refractivity contribution in [2.45, 2.75) is 147 Å². The van der Waals surface area contributed by atoms with Crippen LogP contribution in [0.15, 0.2) is 72.4 Å². The lowest BCUT2D eigenvalue weighted by Crippen LogP contribution is -2.34. The summed E-state index contributed by atoms with van der Waals surface area (Å²) >= 11 is 0. The summed E-state index contributed by atoms with van der Waals surface area (Å²) in [5, 5.41) is 0. The molecular formula is C40H64O8Si. The summed E-state index contributed by atoms with van der Waals surface area (Å²) in [5.74, 6) is 0.0804. The fourth-order valence-electron chi connectivity index (χ4n) is 6.65. The minimum absolute atomic E-state index is 0.0501. The van der Waals surface area contributed by atoms with Crippen molar-refractivity contribution in [3.63, 3.8) is 0 Å². The van der Waals surface area contributed by atoms with Crippen molar-refractivity contribution >= 4 is 14.0 Å². The van der Waals surface area contributed by atoms with Crippen molar-refractivity contribution in [2.24, 2.45) is 5.92 Å². The van der Waals surface area contributed by atoms with Gasteiger partial charge in [-0.05, 0) is 77.3 Å². The number of carbonyl (C=O) groups is 1. The van der Waals surface area contributed by atoms with Crippen LogP contribution in [0.4, 0.5) is 0 Å². The van der Waals surface area contributed by atoms with Crippen LogP contribution in [0.2, 0.25) is 25.7 Å². The van der Waals surface area contributed by atoms with Crippen molar-refractivity contribution in [1.29, 1.82) is 0 Å². The number of hydrogen-bond acceptors (Lipinski definition) is 8. The summed E-state index contributed by atoms with van der Waals surface area (Å²) < 4.78 is 41.4. The summed E-state index contributed by atoms with van der Waals surface area (Å²) in [5.41, 5.74) is 2.65. The molecule has 3 heterocycles. The molecule has 0 saturated carbocycles. The third kappa shape index (κ3) is 17.1. The van der Waals surface area contributed by atoms with E-state index in [0.29, 0.717) is 25.4 Å². The normalized spacial score (nSPS) is 28.5. The second-order valence-electron chi connectivity index (χ2n) is 15.3. The van der Waals surface area contributed by atoms with E-state index in [4.69, 9.17) is 33.2 Å². The van der Waals surface area contributed by atoms with Crippen molar-refractivity contribution < 1.29 is 38.0 Å². The first kappa shape index (κ1) is 41.3. The van der Waals surface area contributed by atoms with Crippen LogP contribution >= 0.6 is 0 Å². The second kappa shape index (κ2) is 21.3. The monoisotopic (exact) mass is 700 g/mol. The standard InChI is InChI=1S/C40H64O8Si/c1-29-21-22-43-35(24-29)19-20-37(44-28-42-6)38(16-12-18-40-45-32(4)26-33(5)46-40)48-39(41)17-11-14-34-13-10-15-36(47-34)25-30(2)23-31(3)27-49(7,8)9/h10-13,17-21,30,32-38,40H,3,14-16,22-28H2,1-2,4-9H3/b17-11+,18-12+,20-19+/t30-,32+,33+,34-,35+,36-,37-,38-/m0/s1. The Labute approximate surface area is 297 Å². The van der Waals surface area contributed by atoms with Gasteiger partial charge in [0.15, 0.2) is 6.29 Å². The number of rotatable bonds is 19. The summed E-state index contributed by atoms with van der Waals surface area (Å²) in [6, 6.07) is 1.17. The van der Waals surface area contributed by atoms with Crippen LogP contribution < -0.4 is 0 Å². The maximum absolute atomic E-state index is 13.2. The minimum Gasteiger partial charge on any atom is -0.456 e. The molecule has 0 radical (unpaired) electrons. The zero-order valence-electron chi connectivity index (χ0n) is 31.4. The van der Waals surface area contributed by atoms with Gasteiger partial charge in [-0.15, -0.1) is 6.58 Å². The van der Waals surface area contributed by atoms with Gasteiger partial charge in [-0.25, -0.2) is 4.79 Å². The van der Waals surface area contributed by atoms with Gasteiger partial charge in [0.25, 0.3) is 0 Å². The number of carbonyl (C=O) groups excluding carboxylic acids is 1. The first-order valence-corrected chi connectivity index (χ1v) is 21.9. The van der Waals surface area contributed by atoms with Crippen molar-refractivity contribution in [3.05, 3.63) is 72.4 Å². The highest BCUT2D eigenvalue weighted by Crippen LogP contribution is 2.27. The van der Waals surface area contributed by atoms with Gasteiger partial charge in [-0.2, -0.15) is 0 Å². The highest BCUT2D eigenvalue weighted by molar-refractivity contribution is 6.76. The Morgan fingerprint density at radius 3 is 2.57 bits per heavy atom. The van der Waals surface area contributed by atoms with Crippen molar-refractivity contribution in [1.82, 2.24) is 0 Å². The first-order chi connectivity index (χ1) is 23.3. The molecule has 0 amide bonds. The zero-order chi connectivity index (χ0) is 35.8. The van der Waals surface area contributed by atoms with Crippen molar-refractivity contribution in [3.8, 4) is 0 Å². The largest absolute Gasteiger partial charge is 0.456 e. The summed E-state index contributed by atoms with van der Waals surface area (Å²) in [4.78, 5) is 13.2. The molecule has 0 unspecified atom stereocenters. The predicted octanol–water partition coefficient (Wildman–Crippen LogP) is 8.64. The van der Waals surface area contributed by atoms with Crippen LogP contribution in [-0.4, -0.2) is 83.6 Å². The smallest absolute Gasteiger partial charge is 0.330 e. The second-order valence-corrected chi connectivity index (χ2v) is 20.8. The van der Waals surface area contributed by atoms with Crippen LogP contribution in [0, 0.1) is 5.92 Å². The van der Waals surface area contributed by atoms with E-state index in [1.54, 1.807) is 7.11 Å². The van der Waals surface area contributed by atoms with E-state index in [9.17, 15) is 4.79 Å². The minimum atomic E-state index is -1.15. The molecule has 49 heavy (non-hydrogen) atoms. The lowest BCUT2D eigenvalue weighted by Gasteiger charge is -2.31. The molecule has 1 fully saturated rings. The van der Waals surface area contributed by atoms with Crippen LogP contribution in [0.1, 0.15) is 72.6 Å². The molecule has 0 N–H and O–H groups in total. The first-order valence-electron chi connectivity index (χ1n) is 18.2. The van der Waals surface area contributed by atoms with E-state index in [2.05, 4.69) is 58.3 Å². The van der Waals surface area contributed by atoms with Crippen LogP contribution in [0.3, 0.4) is 0 Å². The Hall–Kier alpha value is -2.11. The van der Waals surface area contributed by atoms with E-state index in [1.807, 2.05) is 44.2 Å². The number of hydrogen-bond donors (Lipinski definition) is 0. The fraction of sp³-hybridized carbons (Fsp3) is 0.675. The molecule has 3 aliphatic rings. The third-order valence-corrected chi connectivity index (χ3v) is 10.2. The Morgan fingerprint density at radius 1 is 1.12 bits per heavy atom. The van der Waals surface area contributed by atoms with Gasteiger partial charge in [0.1, 0.15) is 19.0 Å². The Morgan fingerprint density at radius 2 is 1.88 bits per heavy atom. The highest BCUT2D eigenvalue weighted by Gasteiger charge is 2.26. The maximum atomic E-state index is 13.2. The average Bonchev–Trinajstić information content (AvgIpc) is 2.99. The molecule has 3 aliphatic heterocycles. The topological polar surface area (TPSA) is 81.7 Å². The molecule has 0 bridgehead atoms. The quantitative estimate of drug-likeness (QED) is 0.0436. The van der Waals surface area contributed by atoms with Gasteiger partial charge in [0.05, 0.1) is 37.1 Å². The molecule has 0 aromatic heterocycles. The Bertz CT molecular complexity index is 1160. The molecule has 8 atom stereocenters.